The van der Waals surface area contributed by atoms with E-state index in [0.29, 0.717) is 6.54 Å². The summed E-state index contributed by atoms with van der Waals surface area (Å²) in [7, 11) is -4.06. The first-order valence-electron chi connectivity index (χ1n) is 10.0. The second-order valence-corrected chi connectivity index (χ2v) is 12.8. The molecule has 0 saturated heterocycles. The van der Waals surface area contributed by atoms with Crippen molar-refractivity contribution >= 4 is 36.0 Å². The predicted molar refractivity (Wildman–Crippen MR) is 127 cm³/mol. The SMILES string of the molecule is Cc1ccc(S(=O)(=O)c2nc(S(=O)(=O)c3ccc(C)cc3)c(NCCCN(C)C)s2)cc1. The zero-order valence-corrected chi connectivity index (χ0v) is 20.9. The summed E-state index contributed by atoms with van der Waals surface area (Å²) in [5, 5.41) is 3.06. The van der Waals surface area contributed by atoms with E-state index in [1.54, 1.807) is 24.3 Å². The van der Waals surface area contributed by atoms with Gasteiger partial charge in [-0.1, -0.05) is 46.7 Å². The molecule has 172 valence electrons. The molecule has 0 bridgehead atoms. The molecule has 7 nitrogen and oxygen atoms in total. The molecule has 0 fully saturated rings. The first-order chi connectivity index (χ1) is 15.0. The number of hydrogen-bond donors (Lipinski definition) is 1. The number of aromatic nitrogens is 1. The van der Waals surface area contributed by atoms with E-state index in [9.17, 15) is 16.8 Å². The molecule has 1 heterocycles. The number of anilines is 1. The van der Waals surface area contributed by atoms with Gasteiger partial charge in [0.25, 0.3) is 0 Å². The van der Waals surface area contributed by atoms with Gasteiger partial charge in [0.15, 0.2) is 5.03 Å². The molecule has 0 unspecified atom stereocenters. The van der Waals surface area contributed by atoms with Gasteiger partial charge in [0.2, 0.25) is 24.0 Å². The van der Waals surface area contributed by atoms with Crippen molar-refractivity contribution in [2.24, 2.45) is 0 Å². The smallest absolute Gasteiger partial charge is 0.233 e. The van der Waals surface area contributed by atoms with Gasteiger partial charge in [-0.05, 0) is 65.2 Å². The third kappa shape index (κ3) is 5.37. The van der Waals surface area contributed by atoms with E-state index in [0.717, 1.165) is 35.4 Å². The van der Waals surface area contributed by atoms with Crippen LogP contribution in [0.25, 0.3) is 0 Å². The lowest BCUT2D eigenvalue weighted by molar-refractivity contribution is 0.405. The second-order valence-electron chi connectivity index (χ2n) is 7.83. The van der Waals surface area contributed by atoms with Crippen LogP contribution in [0, 0.1) is 13.8 Å². The number of thiazole rings is 1. The molecule has 32 heavy (non-hydrogen) atoms. The molecule has 1 aromatic heterocycles. The molecule has 3 rings (SSSR count). The van der Waals surface area contributed by atoms with E-state index in [-0.39, 0.29) is 24.2 Å². The molecule has 0 radical (unpaired) electrons. The predicted octanol–water partition coefficient (Wildman–Crippen LogP) is 3.79. The Morgan fingerprint density at radius 1 is 0.844 bits per heavy atom. The molecule has 3 aromatic rings. The fourth-order valence-corrected chi connectivity index (χ4v) is 7.26. The maximum atomic E-state index is 13.3. The van der Waals surface area contributed by atoms with Crippen LogP contribution >= 0.6 is 11.3 Å². The highest BCUT2D eigenvalue weighted by atomic mass is 32.2. The molecule has 0 aliphatic heterocycles. The Bertz CT molecular complexity index is 1280. The van der Waals surface area contributed by atoms with Gasteiger partial charge in [-0.15, -0.1) is 0 Å². The third-order valence-corrected chi connectivity index (χ3v) is 9.78. The summed E-state index contributed by atoms with van der Waals surface area (Å²) in [5.74, 6) is 0. The highest BCUT2D eigenvalue weighted by Crippen LogP contribution is 2.36. The summed E-state index contributed by atoms with van der Waals surface area (Å²) < 4.78 is 52.7. The van der Waals surface area contributed by atoms with Crippen LogP contribution in [0.2, 0.25) is 0 Å². The van der Waals surface area contributed by atoms with Crippen LogP contribution < -0.4 is 5.32 Å². The van der Waals surface area contributed by atoms with E-state index in [4.69, 9.17) is 0 Å². The second kappa shape index (κ2) is 9.70. The van der Waals surface area contributed by atoms with Gasteiger partial charge in [-0.2, -0.15) is 0 Å². The quantitative estimate of drug-likeness (QED) is 0.453. The molecule has 0 atom stereocenters. The Hall–Kier alpha value is -2.27. The lowest BCUT2D eigenvalue weighted by atomic mass is 10.2. The van der Waals surface area contributed by atoms with Crippen LogP contribution in [0.4, 0.5) is 5.00 Å². The van der Waals surface area contributed by atoms with Crippen molar-refractivity contribution in [2.45, 2.75) is 39.4 Å². The minimum Gasteiger partial charge on any atom is -0.374 e. The molecule has 0 spiro atoms. The van der Waals surface area contributed by atoms with Crippen molar-refractivity contribution in [3.05, 3.63) is 59.7 Å². The summed E-state index contributed by atoms with van der Waals surface area (Å²) in [6, 6.07) is 12.8. The first kappa shape index (κ1) is 24.4. The summed E-state index contributed by atoms with van der Waals surface area (Å²) in [6.45, 7) is 5.02. The first-order valence-corrected chi connectivity index (χ1v) is 13.8. The number of rotatable bonds is 9. The van der Waals surface area contributed by atoms with E-state index >= 15 is 0 Å². The maximum Gasteiger partial charge on any atom is 0.233 e. The number of aryl methyl sites for hydroxylation is 2. The molecule has 0 aliphatic rings. The standard InChI is InChI=1S/C22H27N3O4S3/c1-16-6-10-18(11-7-16)31(26,27)21-20(23-14-5-15-25(3)4)30-22(24-21)32(28,29)19-12-8-17(2)9-13-19/h6-13,23H,5,14-15H2,1-4H3. The van der Waals surface area contributed by atoms with Crippen molar-refractivity contribution in [3.63, 3.8) is 0 Å². The fourth-order valence-electron chi connectivity index (χ4n) is 2.94. The largest absolute Gasteiger partial charge is 0.374 e. The Morgan fingerprint density at radius 3 is 1.84 bits per heavy atom. The third-order valence-electron chi connectivity index (χ3n) is 4.79. The van der Waals surface area contributed by atoms with Crippen LogP contribution in [0.5, 0.6) is 0 Å². The van der Waals surface area contributed by atoms with Crippen LogP contribution in [0.3, 0.4) is 0 Å². The van der Waals surface area contributed by atoms with Crippen molar-refractivity contribution in [1.82, 2.24) is 9.88 Å². The number of sulfone groups is 2. The van der Waals surface area contributed by atoms with Crippen molar-refractivity contribution in [3.8, 4) is 0 Å². The van der Waals surface area contributed by atoms with Crippen molar-refractivity contribution in [1.29, 1.82) is 0 Å². The minimum absolute atomic E-state index is 0.0732. The van der Waals surface area contributed by atoms with Crippen molar-refractivity contribution < 1.29 is 16.8 Å². The van der Waals surface area contributed by atoms with Gasteiger partial charge in [-0.25, -0.2) is 21.8 Å². The Kier molecular flexibility index (Phi) is 7.39. The lowest BCUT2D eigenvalue weighted by Gasteiger charge is -2.10. The molecular weight excluding hydrogens is 466 g/mol. The normalized spacial score (nSPS) is 12.3. The molecule has 0 saturated carbocycles. The average molecular weight is 494 g/mol. The summed E-state index contributed by atoms with van der Waals surface area (Å²) >= 11 is 0.846. The monoisotopic (exact) mass is 493 g/mol. The highest BCUT2D eigenvalue weighted by Gasteiger charge is 2.31. The van der Waals surface area contributed by atoms with Gasteiger partial charge in [0.1, 0.15) is 5.00 Å². The summed E-state index contributed by atoms with van der Waals surface area (Å²) in [6.07, 6.45) is 0.759. The van der Waals surface area contributed by atoms with Gasteiger partial charge < -0.3 is 10.2 Å². The molecule has 0 aliphatic carbocycles. The van der Waals surface area contributed by atoms with Gasteiger partial charge in [0, 0.05) is 6.54 Å². The van der Waals surface area contributed by atoms with Gasteiger partial charge in [0.05, 0.1) is 9.79 Å². The minimum atomic E-state index is -4.01. The van der Waals surface area contributed by atoms with E-state index in [1.807, 2.05) is 32.8 Å². The Morgan fingerprint density at radius 2 is 1.34 bits per heavy atom. The number of benzene rings is 2. The van der Waals surface area contributed by atoms with Crippen molar-refractivity contribution in [2.75, 3.05) is 32.5 Å². The molecule has 0 amide bonds. The van der Waals surface area contributed by atoms with Crippen LogP contribution in [-0.4, -0.2) is 53.9 Å². The van der Waals surface area contributed by atoms with Gasteiger partial charge >= 0.3 is 0 Å². The van der Waals surface area contributed by atoms with Gasteiger partial charge in [-0.3, -0.25) is 0 Å². The molecule has 2 aromatic carbocycles. The average Bonchev–Trinajstić information content (AvgIpc) is 3.18. The Balaban J connectivity index is 2.05. The van der Waals surface area contributed by atoms with E-state index in [1.165, 1.54) is 24.3 Å². The summed E-state index contributed by atoms with van der Waals surface area (Å²) in [5.41, 5.74) is 1.85. The number of nitrogens with one attached hydrogen (secondary N) is 1. The number of hydrogen-bond acceptors (Lipinski definition) is 8. The maximum absolute atomic E-state index is 13.3. The van der Waals surface area contributed by atoms with Crippen LogP contribution in [0.1, 0.15) is 17.5 Å². The van der Waals surface area contributed by atoms with Crippen LogP contribution in [-0.2, 0) is 19.7 Å². The molecule has 1 N–H and O–H groups in total. The van der Waals surface area contributed by atoms with Crippen LogP contribution in [0.15, 0.2) is 67.7 Å². The topological polar surface area (TPSA) is 96.4 Å². The molecule has 10 heteroatoms. The summed E-state index contributed by atoms with van der Waals surface area (Å²) in [4.78, 5) is 6.31. The zero-order chi connectivity index (χ0) is 23.5. The van der Waals surface area contributed by atoms with E-state index < -0.39 is 19.7 Å². The zero-order valence-electron chi connectivity index (χ0n) is 18.5. The number of nitrogens with zero attached hydrogens (tertiary/aromatic N) is 2. The fraction of sp³-hybridized carbons (Fsp3) is 0.318. The lowest BCUT2D eigenvalue weighted by Crippen LogP contribution is -2.16. The van der Waals surface area contributed by atoms with E-state index in [2.05, 4.69) is 10.3 Å². The molecular formula is C22H27N3O4S3. The highest BCUT2D eigenvalue weighted by molar-refractivity contribution is 7.94. The Labute approximate surface area is 194 Å².